The quantitative estimate of drug-likeness (QED) is 0.529. The van der Waals surface area contributed by atoms with Crippen molar-refractivity contribution in [3.8, 4) is 0 Å². The molecule has 1 aromatic rings. The van der Waals surface area contributed by atoms with Gasteiger partial charge in [-0.2, -0.15) is 0 Å². The van der Waals surface area contributed by atoms with E-state index in [4.69, 9.17) is 11.6 Å². The van der Waals surface area contributed by atoms with Crippen LogP contribution in [-0.4, -0.2) is 82.5 Å². The Kier molecular flexibility index (Phi) is 7.89. The lowest BCUT2D eigenvalue weighted by molar-refractivity contribution is -0.149. The molecule has 6 nitrogen and oxygen atoms in total. The number of likely N-dealkylation sites (tertiary alicyclic amines) is 2. The second kappa shape index (κ2) is 10.7. The lowest BCUT2D eigenvalue weighted by atomic mass is 9.74. The van der Waals surface area contributed by atoms with E-state index < -0.39 is 5.41 Å². The fourth-order valence-electron chi connectivity index (χ4n) is 6.98. The van der Waals surface area contributed by atoms with Crippen molar-refractivity contribution in [1.82, 2.24) is 14.7 Å². The summed E-state index contributed by atoms with van der Waals surface area (Å²) in [4.78, 5) is 34.5. The van der Waals surface area contributed by atoms with Gasteiger partial charge in [-0.25, -0.2) is 0 Å². The van der Waals surface area contributed by atoms with Gasteiger partial charge in [-0.05, 0) is 81.9 Å². The number of hydrogen-bond acceptors (Lipinski definition) is 4. The third-order valence-electron chi connectivity index (χ3n) is 9.81. The van der Waals surface area contributed by atoms with Gasteiger partial charge in [0.25, 0.3) is 0 Å². The second-order valence-corrected chi connectivity index (χ2v) is 14.3. The summed E-state index contributed by atoms with van der Waals surface area (Å²) in [5.41, 5.74) is 0.681. The van der Waals surface area contributed by atoms with Crippen LogP contribution >= 0.6 is 11.6 Å². The summed E-state index contributed by atoms with van der Waals surface area (Å²) in [6.07, 6.45) is 7.44. The van der Waals surface area contributed by atoms with E-state index in [9.17, 15) is 14.7 Å². The molecule has 0 bridgehead atoms. The van der Waals surface area contributed by atoms with Crippen LogP contribution < -0.4 is 0 Å². The predicted molar refractivity (Wildman–Crippen MR) is 151 cm³/mol. The molecule has 4 aliphatic rings. The zero-order valence-electron chi connectivity index (χ0n) is 23.7. The summed E-state index contributed by atoms with van der Waals surface area (Å²) in [6, 6.07) is 8.84. The first-order valence-electron chi connectivity index (χ1n) is 14.7. The molecule has 2 saturated carbocycles. The van der Waals surface area contributed by atoms with Gasteiger partial charge in [0.05, 0.1) is 24.0 Å². The summed E-state index contributed by atoms with van der Waals surface area (Å²) >= 11 is 6.17. The average molecular weight is 544 g/mol. The third-order valence-corrected chi connectivity index (χ3v) is 10.1. The molecule has 2 saturated heterocycles. The van der Waals surface area contributed by atoms with Crippen LogP contribution in [0.4, 0.5) is 0 Å². The Labute approximate surface area is 233 Å². The van der Waals surface area contributed by atoms with Gasteiger partial charge in [0.15, 0.2) is 0 Å². The molecular formula is C31H46ClN3O3. The molecule has 0 spiro atoms. The van der Waals surface area contributed by atoms with Gasteiger partial charge in [0.1, 0.15) is 0 Å². The monoisotopic (exact) mass is 543 g/mol. The van der Waals surface area contributed by atoms with Gasteiger partial charge in [-0.15, -0.1) is 0 Å². The van der Waals surface area contributed by atoms with Crippen LogP contribution in [0, 0.1) is 16.7 Å². The smallest absolute Gasteiger partial charge is 0.231 e. The van der Waals surface area contributed by atoms with Crippen LogP contribution in [0.3, 0.4) is 0 Å². The number of nitrogens with zero attached hydrogens (tertiary/aromatic N) is 3. The van der Waals surface area contributed by atoms with E-state index in [1.165, 1.54) is 18.4 Å². The number of aliphatic hydroxyl groups is 1. The summed E-state index contributed by atoms with van der Waals surface area (Å²) in [6.45, 7) is 11.2. The number of carbonyl (C=O) groups excluding carboxylic acids is 2. The Hall–Kier alpha value is -1.63. The molecule has 5 rings (SSSR count). The molecule has 3 atom stereocenters. The number of hydrogen-bond donors (Lipinski definition) is 1. The number of amides is 2. The van der Waals surface area contributed by atoms with Gasteiger partial charge in [-0.3, -0.25) is 14.5 Å². The maximum Gasteiger partial charge on any atom is 0.231 e. The first-order chi connectivity index (χ1) is 18.0. The number of benzene rings is 1. The van der Waals surface area contributed by atoms with Gasteiger partial charge >= 0.3 is 0 Å². The lowest BCUT2D eigenvalue weighted by Crippen LogP contribution is -2.55. The fraction of sp³-hybridized carbons (Fsp3) is 0.742. The third kappa shape index (κ3) is 5.78. The van der Waals surface area contributed by atoms with Crippen LogP contribution in [0.25, 0.3) is 0 Å². The molecule has 7 heteroatoms. The molecule has 1 aromatic carbocycles. The molecule has 2 amide bonds. The number of halogens is 1. The predicted octanol–water partition coefficient (Wildman–Crippen LogP) is 4.93. The Balaban J connectivity index is 1.33. The minimum absolute atomic E-state index is 0.0124. The van der Waals surface area contributed by atoms with E-state index >= 15 is 0 Å². The molecule has 1 N–H and O–H groups in total. The van der Waals surface area contributed by atoms with Gasteiger partial charge in [-0.1, -0.05) is 37.6 Å². The van der Waals surface area contributed by atoms with Crippen LogP contribution in [0.1, 0.15) is 84.1 Å². The van der Waals surface area contributed by atoms with Crippen molar-refractivity contribution in [2.75, 3.05) is 32.8 Å². The highest BCUT2D eigenvalue weighted by Gasteiger charge is 2.48. The molecule has 0 aromatic heterocycles. The van der Waals surface area contributed by atoms with Crippen molar-refractivity contribution in [1.29, 1.82) is 0 Å². The molecule has 2 aliphatic heterocycles. The van der Waals surface area contributed by atoms with E-state index in [1.54, 1.807) is 0 Å². The van der Waals surface area contributed by atoms with Crippen LogP contribution in [0.15, 0.2) is 24.3 Å². The molecule has 0 radical (unpaired) electrons. The second-order valence-electron chi connectivity index (χ2n) is 13.8. The SMILES string of the molecule is CC1(C)CCC(N(C(=O)C(C)(C)CO)[C@H]2CCN(C(=O)[C@@H]3CN(C4CC4)C[C@H]3c3ccc(Cl)cc3)C2)CC1. The fourth-order valence-corrected chi connectivity index (χ4v) is 7.11. The molecule has 0 unspecified atom stereocenters. The normalized spacial score (nSPS) is 28.6. The maximum atomic E-state index is 14.1. The van der Waals surface area contributed by atoms with Crippen LogP contribution in [0.2, 0.25) is 5.02 Å². The highest BCUT2D eigenvalue weighted by molar-refractivity contribution is 6.30. The largest absolute Gasteiger partial charge is 0.395 e. The van der Waals surface area contributed by atoms with E-state index in [0.717, 1.165) is 50.2 Å². The number of carbonyl (C=O) groups is 2. The highest BCUT2D eigenvalue weighted by Crippen LogP contribution is 2.42. The van der Waals surface area contributed by atoms with Crippen molar-refractivity contribution >= 4 is 23.4 Å². The standard InChI is InChI=1S/C31H46ClN3O3/c1-30(2)14-11-24(12-15-30)35(29(38)31(3,4)20-36)25-13-16-33(17-25)28(37)27-19-34(23-9-10-23)18-26(27)21-5-7-22(32)8-6-21/h5-8,23-27,36H,9-20H2,1-4H3/t25-,26-,27+/m0/s1. The number of rotatable bonds is 7. The van der Waals surface area contributed by atoms with Crippen LogP contribution in [0.5, 0.6) is 0 Å². The zero-order valence-corrected chi connectivity index (χ0v) is 24.4. The van der Waals surface area contributed by atoms with E-state index in [-0.39, 0.29) is 42.3 Å². The van der Waals surface area contributed by atoms with Crippen molar-refractivity contribution in [3.63, 3.8) is 0 Å². The Bertz CT molecular complexity index is 1010. The van der Waals surface area contributed by atoms with Crippen LogP contribution in [-0.2, 0) is 9.59 Å². The van der Waals surface area contributed by atoms with Gasteiger partial charge in [0.2, 0.25) is 11.8 Å². The van der Waals surface area contributed by atoms with Crippen molar-refractivity contribution < 1.29 is 14.7 Å². The summed E-state index contributed by atoms with van der Waals surface area (Å²) in [7, 11) is 0. The summed E-state index contributed by atoms with van der Waals surface area (Å²) in [5.74, 6) is 0.369. The zero-order chi connectivity index (χ0) is 27.2. The van der Waals surface area contributed by atoms with Crippen molar-refractivity contribution in [3.05, 3.63) is 34.9 Å². The van der Waals surface area contributed by atoms with E-state index in [2.05, 4.69) is 35.8 Å². The van der Waals surface area contributed by atoms with Crippen molar-refractivity contribution in [2.45, 2.75) is 96.7 Å². The molecule has 210 valence electrons. The summed E-state index contributed by atoms with van der Waals surface area (Å²) in [5, 5.41) is 10.7. The first kappa shape index (κ1) is 27.9. The maximum absolute atomic E-state index is 14.1. The molecule has 38 heavy (non-hydrogen) atoms. The Morgan fingerprint density at radius 2 is 1.66 bits per heavy atom. The number of aliphatic hydroxyl groups excluding tert-OH is 1. The average Bonchev–Trinajstić information content (AvgIpc) is 3.46. The van der Waals surface area contributed by atoms with Crippen molar-refractivity contribution in [2.24, 2.45) is 16.7 Å². The van der Waals surface area contributed by atoms with Gasteiger partial charge in [0, 0.05) is 49.2 Å². The van der Waals surface area contributed by atoms with Gasteiger partial charge < -0.3 is 14.9 Å². The Morgan fingerprint density at radius 1 is 1.00 bits per heavy atom. The summed E-state index contributed by atoms with van der Waals surface area (Å²) < 4.78 is 0. The topological polar surface area (TPSA) is 64.1 Å². The first-order valence-corrected chi connectivity index (χ1v) is 15.1. The molecule has 2 aliphatic carbocycles. The Morgan fingerprint density at radius 3 is 2.26 bits per heavy atom. The highest BCUT2D eigenvalue weighted by atomic mass is 35.5. The lowest BCUT2D eigenvalue weighted by Gasteiger charge is -2.45. The minimum atomic E-state index is -0.819. The molecular weight excluding hydrogens is 498 g/mol. The molecule has 4 fully saturated rings. The minimum Gasteiger partial charge on any atom is -0.395 e. The van der Waals surface area contributed by atoms with E-state index in [0.29, 0.717) is 24.5 Å². The molecule has 2 heterocycles. The van der Waals surface area contributed by atoms with E-state index in [1.807, 2.05) is 30.9 Å².